The Labute approximate surface area is 158 Å². The molecule has 0 saturated carbocycles. The van der Waals surface area contributed by atoms with Gasteiger partial charge in [0.15, 0.2) is 0 Å². The van der Waals surface area contributed by atoms with Gasteiger partial charge in [-0.2, -0.15) is 0 Å². The van der Waals surface area contributed by atoms with Crippen molar-refractivity contribution in [2.75, 3.05) is 37.0 Å². The van der Waals surface area contributed by atoms with E-state index in [1.165, 1.54) is 0 Å². The van der Waals surface area contributed by atoms with Gasteiger partial charge in [-0.1, -0.05) is 12.1 Å². The van der Waals surface area contributed by atoms with Crippen molar-refractivity contribution in [3.05, 3.63) is 36.4 Å². The summed E-state index contributed by atoms with van der Waals surface area (Å²) in [5.41, 5.74) is 3.74. The number of aliphatic carboxylic acids is 1. The summed E-state index contributed by atoms with van der Waals surface area (Å²) >= 11 is 0. The van der Waals surface area contributed by atoms with Crippen molar-refractivity contribution in [3.63, 3.8) is 0 Å². The van der Waals surface area contributed by atoms with E-state index in [1.54, 1.807) is 7.11 Å². The van der Waals surface area contributed by atoms with Crippen molar-refractivity contribution >= 4 is 17.3 Å². The Balaban J connectivity index is 1.70. The number of nitrogens with one attached hydrogen (secondary N) is 1. The lowest BCUT2D eigenvalue weighted by atomic mass is 9.96. The van der Waals surface area contributed by atoms with Crippen LogP contribution in [0.2, 0.25) is 0 Å². The average molecular weight is 368 g/mol. The number of benzene rings is 2. The first-order chi connectivity index (χ1) is 12.9. The van der Waals surface area contributed by atoms with Crippen LogP contribution in [0.3, 0.4) is 0 Å². The lowest BCUT2D eigenvalue weighted by molar-refractivity contribution is -0.142. The highest BCUT2D eigenvalue weighted by Crippen LogP contribution is 2.44. The summed E-state index contributed by atoms with van der Waals surface area (Å²) in [7, 11) is 1.65. The van der Waals surface area contributed by atoms with E-state index >= 15 is 0 Å². The molecule has 2 aromatic carbocycles. The molecule has 0 atom stereocenters. The second-order valence-corrected chi connectivity index (χ2v) is 7.75. The van der Waals surface area contributed by atoms with Crippen LogP contribution in [0.15, 0.2) is 36.4 Å². The first-order valence-corrected chi connectivity index (χ1v) is 9.09. The molecule has 142 valence electrons. The van der Waals surface area contributed by atoms with Crippen molar-refractivity contribution in [3.8, 4) is 22.6 Å². The molecule has 0 spiro atoms. The van der Waals surface area contributed by atoms with Gasteiger partial charge in [0, 0.05) is 30.4 Å². The van der Waals surface area contributed by atoms with Crippen molar-refractivity contribution in [1.29, 1.82) is 0 Å². The van der Waals surface area contributed by atoms with Gasteiger partial charge < -0.3 is 24.8 Å². The highest BCUT2D eigenvalue weighted by molar-refractivity contribution is 5.86. The highest BCUT2D eigenvalue weighted by Gasteiger charge is 2.33. The Kier molecular flexibility index (Phi) is 4.13. The molecule has 0 unspecified atom stereocenters. The number of anilines is 2. The summed E-state index contributed by atoms with van der Waals surface area (Å²) in [5.74, 6) is 0.508. The van der Waals surface area contributed by atoms with Gasteiger partial charge in [0.2, 0.25) is 0 Å². The molecular formula is C21H24N2O4. The molecule has 2 N–H and O–H groups in total. The zero-order valence-corrected chi connectivity index (χ0v) is 15.8. The van der Waals surface area contributed by atoms with Gasteiger partial charge in [-0.05, 0) is 37.6 Å². The third-order valence-electron chi connectivity index (χ3n) is 5.14. The van der Waals surface area contributed by atoms with Gasteiger partial charge in [-0.3, -0.25) is 4.79 Å². The van der Waals surface area contributed by atoms with E-state index in [-0.39, 0.29) is 11.5 Å². The number of rotatable bonds is 4. The van der Waals surface area contributed by atoms with E-state index in [1.807, 2.05) is 38.1 Å². The summed E-state index contributed by atoms with van der Waals surface area (Å²) < 4.78 is 11.6. The molecule has 4 rings (SSSR count). The van der Waals surface area contributed by atoms with Crippen LogP contribution in [-0.2, 0) is 4.79 Å². The van der Waals surface area contributed by atoms with Crippen molar-refractivity contribution < 1.29 is 19.4 Å². The maximum Gasteiger partial charge on any atom is 0.310 e. The minimum absolute atomic E-state index is 0.282. The predicted molar refractivity (Wildman–Crippen MR) is 105 cm³/mol. The largest absolute Gasteiger partial charge is 0.497 e. The molecule has 0 aromatic heterocycles. The molecular weight excluding hydrogens is 344 g/mol. The Morgan fingerprint density at radius 3 is 2.78 bits per heavy atom. The third-order valence-corrected chi connectivity index (χ3v) is 5.14. The van der Waals surface area contributed by atoms with E-state index in [0.29, 0.717) is 19.6 Å². The average Bonchev–Trinajstić information content (AvgIpc) is 2.58. The molecule has 0 bridgehead atoms. The third kappa shape index (κ3) is 3.27. The lowest BCUT2D eigenvalue weighted by Gasteiger charge is -2.39. The zero-order valence-electron chi connectivity index (χ0n) is 15.8. The Hall–Kier alpha value is -2.89. The number of nitrogens with zero attached hydrogens (tertiary/aromatic N) is 1. The summed E-state index contributed by atoms with van der Waals surface area (Å²) in [4.78, 5) is 13.2. The first kappa shape index (κ1) is 17.5. The fourth-order valence-electron chi connectivity index (χ4n) is 3.55. The van der Waals surface area contributed by atoms with Crippen LogP contribution in [0.4, 0.5) is 11.4 Å². The molecule has 2 heterocycles. The number of carboxylic acids is 1. The molecule has 1 saturated heterocycles. The Bertz CT molecular complexity index is 888. The Morgan fingerprint density at radius 1 is 1.30 bits per heavy atom. The normalized spacial score (nSPS) is 18.0. The van der Waals surface area contributed by atoms with E-state index < -0.39 is 5.97 Å². The predicted octanol–water partition coefficient (Wildman–Crippen LogP) is 3.47. The first-order valence-electron chi connectivity index (χ1n) is 9.09. The molecule has 27 heavy (non-hydrogen) atoms. The molecule has 6 heteroatoms. The number of carbonyl (C=O) groups is 1. The van der Waals surface area contributed by atoms with Crippen LogP contribution in [0.5, 0.6) is 11.5 Å². The van der Waals surface area contributed by atoms with Gasteiger partial charge in [-0.25, -0.2) is 0 Å². The van der Waals surface area contributed by atoms with E-state index in [4.69, 9.17) is 14.6 Å². The smallest absolute Gasteiger partial charge is 0.310 e. The van der Waals surface area contributed by atoms with Gasteiger partial charge in [0.05, 0.1) is 25.3 Å². The fourth-order valence-corrected chi connectivity index (χ4v) is 3.55. The van der Waals surface area contributed by atoms with Crippen LogP contribution in [-0.4, -0.2) is 43.4 Å². The van der Waals surface area contributed by atoms with Gasteiger partial charge >= 0.3 is 5.97 Å². The minimum atomic E-state index is -0.728. The molecule has 2 aliphatic rings. The number of methoxy groups -OCH3 is 1. The summed E-state index contributed by atoms with van der Waals surface area (Å²) in [5, 5.41) is 12.6. The highest BCUT2D eigenvalue weighted by atomic mass is 16.5. The number of fused-ring (bicyclic) bond motifs is 1. The molecule has 0 radical (unpaired) electrons. The number of hydrogen-bond donors (Lipinski definition) is 2. The summed E-state index contributed by atoms with van der Waals surface area (Å²) in [6.45, 7) is 5.90. The van der Waals surface area contributed by atoms with Gasteiger partial charge in [0.1, 0.15) is 17.1 Å². The molecule has 2 aromatic rings. The maximum atomic E-state index is 11.1. The van der Waals surface area contributed by atoms with E-state index in [9.17, 15) is 4.79 Å². The quantitative estimate of drug-likeness (QED) is 0.861. The maximum absolute atomic E-state index is 11.1. The van der Waals surface area contributed by atoms with Crippen LogP contribution >= 0.6 is 0 Å². The van der Waals surface area contributed by atoms with Crippen molar-refractivity contribution in [1.82, 2.24) is 0 Å². The summed E-state index contributed by atoms with van der Waals surface area (Å²) in [6.07, 6.45) is 0. The Morgan fingerprint density at radius 2 is 2.07 bits per heavy atom. The molecule has 2 aliphatic heterocycles. The van der Waals surface area contributed by atoms with Crippen molar-refractivity contribution in [2.45, 2.75) is 19.4 Å². The van der Waals surface area contributed by atoms with E-state index in [0.717, 1.165) is 34.0 Å². The number of hydrogen-bond acceptors (Lipinski definition) is 5. The second-order valence-electron chi connectivity index (χ2n) is 7.75. The van der Waals surface area contributed by atoms with E-state index in [2.05, 4.69) is 22.3 Å². The van der Waals surface area contributed by atoms with Crippen molar-refractivity contribution in [2.24, 2.45) is 5.92 Å². The molecule has 1 fully saturated rings. The molecule has 0 amide bonds. The fraction of sp³-hybridized carbons (Fsp3) is 0.381. The SMILES string of the molecule is COc1cc2c(c(-c3cccc(N4CC(C(=O)O)C4)c3)c1)NCC(C)(C)O2. The second kappa shape index (κ2) is 6.37. The van der Waals surface area contributed by atoms with Crippen LogP contribution < -0.4 is 19.7 Å². The minimum Gasteiger partial charge on any atom is -0.497 e. The monoisotopic (exact) mass is 368 g/mol. The number of carboxylic acid groups (broad SMARTS) is 1. The number of ether oxygens (including phenoxy) is 2. The molecule has 0 aliphatic carbocycles. The van der Waals surface area contributed by atoms with Crippen LogP contribution in [0.25, 0.3) is 11.1 Å². The zero-order chi connectivity index (χ0) is 19.2. The standard InChI is InChI=1S/C21H24N2O4/c1-21(2)12-22-19-17(8-16(26-3)9-18(19)27-21)13-5-4-6-15(7-13)23-10-14(11-23)20(24)25/h4-9,14,22H,10-12H2,1-3H3,(H,24,25). The summed E-state index contributed by atoms with van der Waals surface area (Å²) in [6, 6.07) is 12.1. The van der Waals surface area contributed by atoms with Gasteiger partial charge in [-0.15, -0.1) is 0 Å². The lowest BCUT2D eigenvalue weighted by Crippen LogP contribution is -2.50. The topological polar surface area (TPSA) is 71.0 Å². The van der Waals surface area contributed by atoms with Gasteiger partial charge in [0.25, 0.3) is 0 Å². The molecule has 6 nitrogen and oxygen atoms in total. The van der Waals surface area contributed by atoms with Crippen LogP contribution in [0, 0.1) is 5.92 Å². The van der Waals surface area contributed by atoms with Crippen LogP contribution in [0.1, 0.15) is 13.8 Å².